The smallest absolute Gasteiger partial charge is 0.327 e. The SMILES string of the molecule is CCCCOc1nc(N)c2[nH]c(=O)n(CCCN(Cc3cccc(CC(=O)OC)c3)C(=O)CCS(C)(=O)=O)c2n1. The van der Waals surface area contributed by atoms with E-state index in [-0.39, 0.29) is 61.9 Å². The quantitative estimate of drug-likeness (QED) is 0.199. The van der Waals surface area contributed by atoms with Gasteiger partial charge >= 0.3 is 17.7 Å². The fourth-order valence-corrected chi connectivity index (χ4v) is 4.60. The van der Waals surface area contributed by atoms with Crippen LogP contribution in [0.5, 0.6) is 6.01 Å². The van der Waals surface area contributed by atoms with Crippen LogP contribution in [0.15, 0.2) is 29.1 Å². The number of nitrogens with one attached hydrogen (secondary N) is 1. The molecule has 14 heteroatoms. The number of nitrogen functional groups attached to an aromatic ring is 1. The number of amides is 1. The molecule has 3 rings (SSSR count). The van der Waals surface area contributed by atoms with Crippen molar-refractivity contribution in [2.75, 3.05) is 38.0 Å². The molecule has 2 aromatic heterocycles. The number of hydrogen-bond donors (Lipinski definition) is 2. The second-order valence-corrected chi connectivity index (χ2v) is 11.8. The minimum Gasteiger partial charge on any atom is -0.469 e. The van der Waals surface area contributed by atoms with Crippen LogP contribution in [0.2, 0.25) is 0 Å². The number of methoxy groups -OCH3 is 1. The van der Waals surface area contributed by atoms with E-state index in [1.807, 2.05) is 13.0 Å². The first-order valence-corrected chi connectivity index (χ1v) is 15.1. The summed E-state index contributed by atoms with van der Waals surface area (Å²) in [5, 5.41) is 0. The highest BCUT2D eigenvalue weighted by molar-refractivity contribution is 7.90. The number of benzene rings is 1. The highest BCUT2D eigenvalue weighted by atomic mass is 32.2. The molecule has 3 N–H and O–H groups in total. The number of nitrogens with zero attached hydrogens (tertiary/aromatic N) is 4. The summed E-state index contributed by atoms with van der Waals surface area (Å²) in [4.78, 5) is 50.1. The maximum Gasteiger partial charge on any atom is 0.327 e. The third-order valence-electron chi connectivity index (χ3n) is 6.15. The lowest BCUT2D eigenvalue weighted by atomic mass is 10.1. The number of H-pyrrole nitrogens is 1. The Bertz CT molecular complexity index is 1500. The van der Waals surface area contributed by atoms with Gasteiger partial charge < -0.3 is 25.1 Å². The maximum absolute atomic E-state index is 13.0. The van der Waals surface area contributed by atoms with Crippen LogP contribution in [0.25, 0.3) is 11.2 Å². The molecule has 0 unspecified atom stereocenters. The minimum atomic E-state index is -3.34. The first-order chi connectivity index (χ1) is 19.0. The first kappa shape index (κ1) is 30.6. The number of carbonyl (C=O) groups excluding carboxylic acids is 2. The van der Waals surface area contributed by atoms with Gasteiger partial charge in [0, 0.05) is 32.3 Å². The fourth-order valence-electron chi connectivity index (χ4n) is 4.05. The van der Waals surface area contributed by atoms with Crippen LogP contribution in [0.3, 0.4) is 0 Å². The predicted molar refractivity (Wildman–Crippen MR) is 149 cm³/mol. The van der Waals surface area contributed by atoms with Crippen LogP contribution in [0.4, 0.5) is 5.82 Å². The predicted octanol–water partition coefficient (Wildman–Crippen LogP) is 1.45. The van der Waals surface area contributed by atoms with E-state index in [1.165, 1.54) is 11.7 Å². The number of anilines is 1. The van der Waals surface area contributed by atoms with Gasteiger partial charge in [0.1, 0.15) is 15.4 Å². The minimum absolute atomic E-state index is 0.0793. The molecular weight excluding hydrogens is 540 g/mol. The Labute approximate surface area is 232 Å². The van der Waals surface area contributed by atoms with Crippen LogP contribution < -0.4 is 16.2 Å². The van der Waals surface area contributed by atoms with Crippen molar-refractivity contribution in [1.29, 1.82) is 0 Å². The van der Waals surface area contributed by atoms with Gasteiger partial charge in [0.05, 0.1) is 25.9 Å². The van der Waals surface area contributed by atoms with E-state index in [9.17, 15) is 22.8 Å². The van der Waals surface area contributed by atoms with E-state index >= 15 is 0 Å². The van der Waals surface area contributed by atoms with Crippen molar-refractivity contribution < 1.29 is 27.5 Å². The lowest BCUT2D eigenvalue weighted by Crippen LogP contribution is -2.33. The molecule has 0 bridgehead atoms. The van der Waals surface area contributed by atoms with Crippen molar-refractivity contribution in [3.05, 3.63) is 45.9 Å². The topological polar surface area (TPSA) is 180 Å². The number of sulfone groups is 1. The number of fused-ring (bicyclic) bond motifs is 1. The number of rotatable bonds is 15. The van der Waals surface area contributed by atoms with E-state index in [0.29, 0.717) is 24.2 Å². The molecule has 0 atom stereocenters. The lowest BCUT2D eigenvalue weighted by Gasteiger charge is -2.23. The second kappa shape index (κ2) is 13.9. The summed E-state index contributed by atoms with van der Waals surface area (Å²) in [6.07, 6.45) is 3.12. The van der Waals surface area contributed by atoms with Gasteiger partial charge in [0.25, 0.3) is 0 Å². The number of aromatic amines is 1. The molecule has 0 radical (unpaired) electrons. The second-order valence-electron chi connectivity index (χ2n) is 9.50. The summed E-state index contributed by atoms with van der Waals surface area (Å²) in [6.45, 7) is 3.09. The molecule has 2 heterocycles. The molecule has 13 nitrogen and oxygen atoms in total. The zero-order chi connectivity index (χ0) is 29.3. The lowest BCUT2D eigenvalue weighted by molar-refractivity contribution is -0.139. The molecule has 40 heavy (non-hydrogen) atoms. The summed E-state index contributed by atoms with van der Waals surface area (Å²) in [7, 11) is -2.02. The summed E-state index contributed by atoms with van der Waals surface area (Å²) >= 11 is 0. The van der Waals surface area contributed by atoms with E-state index in [2.05, 4.69) is 15.0 Å². The number of unbranched alkanes of at least 4 members (excludes halogenated alkanes) is 1. The summed E-state index contributed by atoms with van der Waals surface area (Å²) in [5.41, 5.74) is 7.70. The Kier molecular flexibility index (Phi) is 10.6. The molecule has 0 aliphatic carbocycles. The highest BCUT2D eigenvalue weighted by Gasteiger charge is 2.19. The average molecular weight is 577 g/mol. The van der Waals surface area contributed by atoms with Gasteiger partial charge in [-0.2, -0.15) is 9.97 Å². The Hall–Kier alpha value is -3.94. The molecule has 3 aromatic rings. The van der Waals surface area contributed by atoms with Crippen LogP contribution in [-0.4, -0.2) is 77.0 Å². The van der Waals surface area contributed by atoms with E-state index in [0.717, 1.165) is 30.2 Å². The van der Waals surface area contributed by atoms with Crippen LogP contribution in [-0.2, 0) is 43.7 Å². The highest BCUT2D eigenvalue weighted by Crippen LogP contribution is 2.18. The summed E-state index contributed by atoms with van der Waals surface area (Å²) < 4.78 is 35.1. The molecule has 1 aromatic carbocycles. The normalized spacial score (nSPS) is 11.5. The largest absolute Gasteiger partial charge is 0.469 e. The van der Waals surface area contributed by atoms with Gasteiger partial charge in [-0.15, -0.1) is 0 Å². The molecule has 0 saturated heterocycles. The Balaban J connectivity index is 1.78. The number of imidazole rings is 1. The van der Waals surface area contributed by atoms with E-state index < -0.39 is 15.5 Å². The van der Waals surface area contributed by atoms with Gasteiger partial charge in [0.2, 0.25) is 5.91 Å². The van der Waals surface area contributed by atoms with Crippen molar-refractivity contribution in [1.82, 2.24) is 24.4 Å². The number of nitrogens with two attached hydrogens (primary N) is 1. The fraction of sp³-hybridized carbons (Fsp3) is 0.500. The van der Waals surface area contributed by atoms with Gasteiger partial charge in [0.15, 0.2) is 11.5 Å². The number of hydrogen-bond acceptors (Lipinski definition) is 10. The van der Waals surface area contributed by atoms with Crippen molar-refractivity contribution >= 4 is 38.7 Å². The van der Waals surface area contributed by atoms with E-state index in [1.54, 1.807) is 23.1 Å². The molecule has 218 valence electrons. The molecule has 0 aliphatic heterocycles. The summed E-state index contributed by atoms with van der Waals surface area (Å²) in [6, 6.07) is 7.27. The molecule has 1 amide bonds. The molecule has 0 aliphatic rings. The van der Waals surface area contributed by atoms with Crippen LogP contribution in [0.1, 0.15) is 43.7 Å². The average Bonchev–Trinajstić information content (AvgIpc) is 3.22. The molecule has 0 saturated carbocycles. The van der Waals surface area contributed by atoms with Crippen molar-refractivity contribution in [3.63, 3.8) is 0 Å². The first-order valence-electron chi connectivity index (χ1n) is 13.0. The Morgan fingerprint density at radius 3 is 2.62 bits per heavy atom. The summed E-state index contributed by atoms with van der Waals surface area (Å²) in [5.74, 6) is -0.903. The van der Waals surface area contributed by atoms with Gasteiger partial charge in [-0.1, -0.05) is 37.6 Å². The standard InChI is InChI=1S/C26H36N6O7S/c1-4-5-13-39-25-29-23(27)22-24(30-25)32(26(35)28-22)12-7-11-31(20(33)10-14-40(3,36)37)17-19-9-6-8-18(15-19)16-21(34)38-2/h6,8-9,15H,4-5,7,10-14,16-17H2,1-3H3,(H,28,35)(H2,27,29,30). The zero-order valence-electron chi connectivity index (χ0n) is 23.0. The van der Waals surface area contributed by atoms with Gasteiger partial charge in [-0.05, 0) is 24.0 Å². The number of carbonyl (C=O) groups is 2. The van der Waals surface area contributed by atoms with Gasteiger partial charge in [-0.25, -0.2) is 13.2 Å². The van der Waals surface area contributed by atoms with Crippen LogP contribution >= 0.6 is 0 Å². The van der Waals surface area contributed by atoms with Crippen molar-refractivity contribution in [2.24, 2.45) is 0 Å². The number of ether oxygens (including phenoxy) is 2. The number of aromatic nitrogens is 4. The Morgan fingerprint density at radius 2 is 1.93 bits per heavy atom. The number of aryl methyl sites for hydroxylation is 1. The molecular formula is C26H36N6O7S. The maximum atomic E-state index is 13.0. The molecule has 0 spiro atoms. The Morgan fingerprint density at radius 1 is 1.18 bits per heavy atom. The monoisotopic (exact) mass is 576 g/mol. The van der Waals surface area contributed by atoms with Crippen molar-refractivity contribution in [2.45, 2.75) is 52.1 Å². The van der Waals surface area contributed by atoms with Crippen LogP contribution in [0, 0.1) is 0 Å². The number of esters is 1. The third kappa shape index (κ3) is 8.79. The zero-order valence-corrected chi connectivity index (χ0v) is 23.8. The third-order valence-corrected chi connectivity index (χ3v) is 7.10. The molecule has 0 fully saturated rings. The van der Waals surface area contributed by atoms with Gasteiger partial charge in [-0.3, -0.25) is 14.2 Å². The van der Waals surface area contributed by atoms with E-state index in [4.69, 9.17) is 15.2 Å². The van der Waals surface area contributed by atoms with Crippen molar-refractivity contribution in [3.8, 4) is 6.01 Å².